The average Bonchev–Trinajstić information content (AvgIpc) is 3.40. The van der Waals surface area contributed by atoms with Crippen LogP contribution in [0.1, 0.15) is 0 Å². The van der Waals surface area contributed by atoms with Gasteiger partial charge in [-0.05, 0) is 66.3 Å². The molecule has 1 nitrogen and oxygen atoms in total. The SMILES string of the molecule is c1ccc2c(-c3c4ccccc4c(-c4ccc5ccc6cccc7oc4c5c67)c4ccccc34)cccc2c1. The monoisotopic (exact) mass is 494 g/mol. The first-order chi connectivity index (χ1) is 19.4. The normalized spacial score (nSPS) is 12.1. The molecule has 9 rings (SSSR count). The number of fused-ring (bicyclic) bond motifs is 3. The van der Waals surface area contributed by atoms with Gasteiger partial charge in [-0.1, -0.05) is 121 Å². The summed E-state index contributed by atoms with van der Waals surface area (Å²) in [6.45, 7) is 0. The van der Waals surface area contributed by atoms with Gasteiger partial charge < -0.3 is 4.42 Å². The van der Waals surface area contributed by atoms with E-state index in [0.717, 1.165) is 16.7 Å². The fourth-order valence-electron chi connectivity index (χ4n) is 6.78. The van der Waals surface area contributed by atoms with Crippen LogP contribution in [0.4, 0.5) is 0 Å². The highest BCUT2D eigenvalue weighted by Gasteiger charge is 2.22. The maximum atomic E-state index is 6.67. The molecule has 9 aromatic rings. The van der Waals surface area contributed by atoms with Gasteiger partial charge in [0.1, 0.15) is 11.2 Å². The number of benzene rings is 8. The molecule has 8 aromatic carbocycles. The van der Waals surface area contributed by atoms with E-state index in [1.807, 2.05) is 0 Å². The van der Waals surface area contributed by atoms with Gasteiger partial charge in [0.15, 0.2) is 0 Å². The Morgan fingerprint density at radius 3 is 1.56 bits per heavy atom. The highest BCUT2D eigenvalue weighted by Crippen LogP contribution is 2.48. The zero-order valence-corrected chi connectivity index (χ0v) is 21.1. The van der Waals surface area contributed by atoms with Gasteiger partial charge in [0.2, 0.25) is 0 Å². The van der Waals surface area contributed by atoms with Gasteiger partial charge in [0.05, 0.1) is 0 Å². The Hall–Kier alpha value is -5.14. The molecular formula is C38H22O. The molecule has 0 aliphatic carbocycles. The van der Waals surface area contributed by atoms with E-state index >= 15 is 0 Å². The number of furan rings is 1. The lowest BCUT2D eigenvalue weighted by molar-refractivity contribution is 0.670. The van der Waals surface area contributed by atoms with Crippen LogP contribution < -0.4 is 0 Å². The molecule has 0 aliphatic rings. The van der Waals surface area contributed by atoms with Crippen molar-refractivity contribution in [3.8, 4) is 22.3 Å². The maximum Gasteiger partial charge on any atom is 0.143 e. The van der Waals surface area contributed by atoms with E-state index in [4.69, 9.17) is 4.42 Å². The first-order valence-electron chi connectivity index (χ1n) is 13.4. The summed E-state index contributed by atoms with van der Waals surface area (Å²) in [5.74, 6) is 0. The van der Waals surface area contributed by atoms with Gasteiger partial charge >= 0.3 is 0 Å². The zero-order valence-electron chi connectivity index (χ0n) is 21.1. The van der Waals surface area contributed by atoms with Crippen molar-refractivity contribution in [3.05, 3.63) is 133 Å². The zero-order chi connectivity index (χ0) is 25.5. The van der Waals surface area contributed by atoms with E-state index in [1.165, 1.54) is 70.6 Å². The van der Waals surface area contributed by atoms with Gasteiger partial charge in [0.25, 0.3) is 0 Å². The largest absolute Gasteiger partial charge is 0.455 e. The molecule has 0 N–H and O–H groups in total. The molecule has 0 saturated carbocycles. The van der Waals surface area contributed by atoms with Gasteiger partial charge in [-0.3, -0.25) is 0 Å². The summed E-state index contributed by atoms with van der Waals surface area (Å²) in [7, 11) is 0. The molecule has 1 heterocycles. The molecule has 0 atom stereocenters. The molecule has 0 unspecified atom stereocenters. The lowest BCUT2D eigenvalue weighted by Crippen LogP contribution is -1.92. The van der Waals surface area contributed by atoms with Crippen LogP contribution >= 0.6 is 0 Å². The van der Waals surface area contributed by atoms with Crippen LogP contribution in [0, 0.1) is 0 Å². The summed E-state index contributed by atoms with van der Waals surface area (Å²) in [6.07, 6.45) is 0. The molecule has 39 heavy (non-hydrogen) atoms. The third kappa shape index (κ3) is 2.79. The average molecular weight is 495 g/mol. The van der Waals surface area contributed by atoms with E-state index in [0.29, 0.717) is 0 Å². The van der Waals surface area contributed by atoms with E-state index in [9.17, 15) is 0 Å². The second kappa shape index (κ2) is 7.69. The topological polar surface area (TPSA) is 13.1 Å². The Morgan fingerprint density at radius 2 is 0.846 bits per heavy atom. The van der Waals surface area contributed by atoms with Crippen LogP contribution in [0.2, 0.25) is 0 Å². The Morgan fingerprint density at radius 1 is 0.333 bits per heavy atom. The second-order valence-corrected chi connectivity index (χ2v) is 10.4. The Bertz CT molecular complexity index is 2330. The van der Waals surface area contributed by atoms with Crippen molar-refractivity contribution < 1.29 is 4.42 Å². The molecule has 1 aromatic heterocycles. The maximum absolute atomic E-state index is 6.67. The second-order valence-electron chi connectivity index (χ2n) is 10.4. The van der Waals surface area contributed by atoms with Crippen LogP contribution in [0.15, 0.2) is 138 Å². The van der Waals surface area contributed by atoms with Crippen molar-refractivity contribution >= 4 is 65.0 Å². The van der Waals surface area contributed by atoms with E-state index in [1.54, 1.807) is 0 Å². The molecule has 0 spiro atoms. The van der Waals surface area contributed by atoms with Crippen LogP contribution in [0.3, 0.4) is 0 Å². The first-order valence-corrected chi connectivity index (χ1v) is 13.4. The molecule has 0 saturated heterocycles. The summed E-state index contributed by atoms with van der Waals surface area (Å²) in [5, 5.41) is 12.4. The van der Waals surface area contributed by atoms with E-state index in [2.05, 4.69) is 133 Å². The summed E-state index contributed by atoms with van der Waals surface area (Å²) >= 11 is 0. The van der Waals surface area contributed by atoms with Gasteiger partial charge in [-0.25, -0.2) is 0 Å². The van der Waals surface area contributed by atoms with Crippen molar-refractivity contribution in [2.24, 2.45) is 0 Å². The molecular weight excluding hydrogens is 472 g/mol. The quantitative estimate of drug-likeness (QED) is 0.172. The molecule has 0 fully saturated rings. The lowest BCUT2D eigenvalue weighted by Gasteiger charge is -2.19. The standard InChI is InChI=1S/C38H22O/c1-2-12-26-23(9-1)10-7-17-27(26)36-28-13-3-5-15-30(28)37(31-16-6-4-14-29(31)36)32-22-21-25-20-19-24-11-8-18-33-34(24)35(25)38(32)39-33/h1-22H. The molecule has 0 radical (unpaired) electrons. The minimum absolute atomic E-state index is 0.946. The predicted molar refractivity (Wildman–Crippen MR) is 166 cm³/mol. The Kier molecular flexibility index (Phi) is 4.11. The van der Waals surface area contributed by atoms with E-state index < -0.39 is 0 Å². The van der Waals surface area contributed by atoms with Crippen LogP contribution in [-0.2, 0) is 0 Å². The third-order valence-electron chi connectivity index (χ3n) is 8.41. The Labute approximate surface area is 224 Å². The number of hydrogen-bond acceptors (Lipinski definition) is 1. The van der Waals surface area contributed by atoms with Crippen LogP contribution in [-0.4, -0.2) is 0 Å². The summed E-state index contributed by atoms with van der Waals surface area (Å²) in [6, 6.07) is 48.3. The van der Waals surface area contributed by atoms with Crippen LogP contribution in [0.25, 0.3) is 87.3 Å². The van der Waals surface area contributed by atoms with Gasteiger partial charge in [-0.15, -0.1) is 0 Å². The summed E-state index contributed by atoms with van der Waals surface area (Å²) < 4.78 is 6.67. The van der Waals surface area contributed by atoms with Crippen molar-refractivity contribution in [2.75, 3.05) is 0 Å². The van der Waals surface area contributed by atoms with Crippen molar-refractivity contribution in [3.63, 3.8) is 0 Å². The van der Waals surface area contributed by atoms with Crippen molar-refractivity contribution in [2.45, 2.75) is 0 Å². The molecule has 0 aliphatic heterocycles. The number of rotatable bonds is 2. The highest BCUT2D eigenvalue weighted by molar-refractivity contribution is 6.29. The highest BCUT2D eigenvalue weighted by atomic mass is 16.3. The summed E-state index contributed by atoms with van der Waals surface area (Å²) in [4.78, 5) is 0. The predicted octanol–water partition coefficient (Wildman–Crippen LogP) is 11.0. The molecule has 0 amide bonds. The molecule has 0 bridgehead atoms. The fourth-order valence-corrected chi connectivity index (χ4v) is 6.78. The molecule has 1 heteroatoms. The van der Waals surface area contributed by atoms with Gasteiger partial charge in [-0.2, -0.15) is 0 Å². The third-order valence-corrected chi connectivity index (χ3v) is 8.41. The van der Waals surface area contributed by atoms with Crippen molar-refractivity contribution in [1.29, 1.82) is 0 Å². The Balaban J connectivity index is 1.48. The van der Waals surface area contributed by atoms with Crippen molar-refractivity contribution in [1.82, 2.24) is 0 Å². The molecule has 180 valence electrons. The minimum Gasteiger partial charge on any atom is -0.455 e. The lowest BCUT2D eigenvalue weighted by atomic mass is 9.84. The smallest absolute Gasteiger partial charge is 0.143 e. The summed E-state index contributed by atoms with van der Waals surface area (Å²) in [5.41, 5.74) is 6.83. The fraction of sp³-hybridized carbons (Fsp3) is 0. The van der Waals surface area contributed by atoms with Crippen LogP contribution in [0.5, 0.6) is 0 Å². The van der Waals surface area contributed by atoms with E-state index in [-0.39, 0.29) is 0 Å². The minimum atomic E-state index is 0.946. The number of hydrogen-bond donors (Lipinski definition) is 0. The van der Waals surface area contributed by atoms with Gasteiger partial charge in [0, 0.05) is 21.9 Å². The first kappa shape index (κ1) is 20.9.